The summed E-state index contributed by atoms with van der Waals surface area (Å²) in [6.45, 7) is 5.20. The molecule has 104 valence electrons. The molecule has 7 nitrogen and oxygen atoms in total. The van der Waals surface area contributed by atoms with Crippen LogP contribution in [0.4, 0.5) is 10.6 Å². The summed E-state index contributed by atoms with van der Waals surface area (Å²) in [4.78, 5) is 24.6. The van der Waals surface area contributed by atoms with Gasteiger partial charge in [0, 0.05) is 5.56 Å². The minimum absolute atomic E-state index is 0.348. The first-order chi connectivity index (χ1) is 8.79. The predicted molar refractivity (Wildman–Crippen MR) is 67.0 cm³/mol. The van der Waals surface area contributed by atoms with Crippen molar-refractivity contribution in [1.82, 2.24) is 10.2 Å². The number of anilines is 1. The molecule has 0 saturated carbocycles. The highest BCUT2D eigenvalue weighted by Crippen LogP contribution is 2.30. The molecule has 0 fully saturated rings. The molecule has 2 heterocycles. The van der Waals surface area contributed by atoms with Gasteiger partial charge in [0.2, 0.25) is 0 Å². The maximum absolute atomic E-state index is 12.2. The number of nitrogens with zero attached hydrogens (tertiary/aromatic N) is 2. The Kier molecular flexibility index (Phi) is 3.21. The van der Waals surface area contributed by atoms with E-state index in [2.05, 4.69) is 10.2 Å². The van der Waals surface area contributed by atoms with Crippen molar-refractivity contribution in [2.75, 3.05) is 4.90 Å². The fourth-order valence-corrected chi connectivity index (χ4v) is 2.04. The molecule has 1 aromatic rings. The maximum Gasteiger partial charge on any atom is 0.416 e. The van der Waals surface area contributed by atoms with Gasteiger partial charge < -0.3 is 9.84 Å². The van der Waals surface area contributed by atoms with E-state index in [9.17, 15) is 14.7 Å². The minimum atomic E-state index is -1.05. The zero-order chi connectivity index (χ0) is 14.2. The molecule has 0 saturated heterocycles. The molecular weight excluding hydrogens is 250 g/mol. The molecule has 0 radical (unpaired) electrons. The summed E-state index contributed by atoms with van der Waals surface area (Å²) in [5.41, 5.74) is 0.140. The SMILES string of the molecule is CC(C)(C)OC(=O)N1c2[nH]ncc2CCC1C(=O)O. The summed E-state index contributed by atoms with van der Waals surface area (Å²) < 4.78 is 5.26. The number of rotatable bonds is 1. The van der Waals surface area contributed by atoms with Crippen molar-refractivity contribution in [3.05, 3.63) is 11.8 Å². The van der Waals surface area contributed by atoms with Crippen molar-refractivity contribution in [2.24, 2.45) is 0 Å². The van der Waals surface area contributed by atoms with E-state index in [1.807, 2.05) is 0 Å². The summed E-state index contributed by atoms with van der Waals surface area (Å²) in [5.74, 6) is -0.640. The fourth-order valence-electron chi connectivity index (χ4n) is 2.04. The number of fused-ring (bicyclic) bond motifs is 1. The number of hydrogen-bond acceptors (Lipinski definition) is 4. The number of aromatic nitrogens is 2. The number of aromatic amines is 1. The van der Waals surface area contributed by atoms with Gasteiger partial charge in [-0.25, -0.2) is 14.5 Å². The lowest BCUT2D eigenvalue weighted by Crippen LogP contribution is -2.50. The third kappa shape index (κ3) is 2.69. The average Bonchev–Trinajstić information content (AvgIpc) is 2.72. The van der Waals surface area contributed by atoms with Crippen LogP contribution in [0.2, 0.25) is 0 Å². The molecule has 1 unspecified atom stereocenters. The third-order valence-corrected chi connectivity index (χ3v) is 2.81. The number of carbonyl (C=O) groups is 2. The Bertz CT molecular complexity index is 503. The van der Waals surface area contributed by atoms with Crippen molar-refractivity contribution in [3.8, 4) is 0 Å². The molecule has 0 spiro atoms. The Labute approximate surface area is 110 Å². The Morgan fingerprint density at radius 1 is 1.53 bits per heavy atom. The second-order valence-corrected chi connectivity index (χ2v) is 5.49. The van der Waals surface area contributed by atoms with Gasteiger partial charge in [0.05, 0.1) is 6.20 Å². The molecule has 2 rings (SSSR count). The van der Waals surface area contributed by atoms with E-state index >= 15 is 0 Å². The van der Waals surface area contributed by atoms with Gasteiger partial charge >= 0.3 is 12.1 Å². The standard InChI is InChI=1S/C12H17N3O4/c1-12(2,3)19-11(18)15-8(10(16)17)5-4-7-6-13-14-9(7)15/h6,8H,4-5H2,1-3H3,(H,13,14)(H,16,17). The molecule has 19 heavy (non-hydrogen) atoms. The lowest BCUT2D eigenvalue weighted by molar-refractivity contribution is -0.138. The van der Waals surface area contributed by atoms with Gasteiger partial charge in [-0.3, -0.25) is 5.10 Å². The highest BCUT2D eigenvalue weighted by Gasteiger charge is 2.39. The number of H-pyrrole nitrogens is 1. The minimum Gasteiger partial charge on any atom is -0.480 e. The first-order valence-electron chi connectivity index (χ1n) is 6.07. The third-order valence-electron chi connectivity index (χ3n) is 2.81. The van der Waals surface area contributed by atoms with Crippen LogP contribution in [0, 0.1) is 0 Å². The second-order valence-electron chi connectivity index (χ2n) is 5.49. The van der Waals surface area contributed by atoms with E-state index in [1.54, 1.807) is 27.0 Å². The number of carboxylic acid groups (broad SMARTS) is 1. The molecule has 0 aliphatic carbocycles. The smallest absolute Gasteiger partial charge is 0.416 e. The van der Waals surface area contributed by atoms with Gasteiger partial charge in [-0.2, -0.15) is 5.10 Å². The molecule has 1 aromatic heterocycles. The lowest BCUT2D eigenvalue weighted by atomic mass is 10.0. The van der Waals surface area contributed by atoms with Crippen LogP contribution in [0.3, 0.4) is 0 Å². The van der Waals surface area contributed by atoms with Crippen LogP contribution in [0.5, 0.6) is 0 Å². The van der Waals surface area contributed by atoms with E-state index in [-0.39, 0.29) is 0 Å². The number of carbonyl (C=O) groups excluding carboxylic acids is 1. The van der Waals surface area contributed by atoms with Gasteiger partial charge in [0.15, 0.2) is 0 Å². The predicted octanol–water partition coefficient (Wildman–Crippen LogP) is 1.55. The van der Waals surface area contributed by atoms with Crippen LogP contribution in [0.25, 0.3) is 0 Å². The van der Waals surface area contributed by atoms with E-state index in [1.165, 1.54) is 0 Å². The van der Waals surface area contributed by atoms with Crippen LogP contribution in [0.1, 0.15) is 32.8 Å². The summed E-state index contributed by atoms with van der Waals surface area (Å²) in [5, 5.41) is 15.8. The quantitative estimate of drug-likeness (QED) is 0.804. The maximum atomic E-state index is 12.2. The van der Waals surface area contributed by atoms with Crippen molar-refractivity contribution in [3.63, 3.8) is 0 Å². The first-order valence-corrected chi connectivity index (χ1v) is 6.07. The lowest BCUT2D eigenvalue weighted by Gasteiger charge is -2.33. The number of nitrogens with one attached hydrogen (secondary N) is 1. The fraction of sp³-hybridized carbons (Fsp3) is 0.583. The topological polar surface area (TPSA) is 95.5 Å². The zero-order valence-electron chi connectivity index (χ0n) is 11.1. The summed E-state index contributed by atoms with van der Waals surface area (Å²) >= 11 is 0. The largest absolute Gasteiger partial charge is 0.480 e. The average molecular weight is 267 g/mol. The Balaban J connectivity index is 2.33. The monoisotopic (exact) mass is 267 g/mol. The van der Waals surface area contributed by atoms with Crippen molar-refractivity contribution in [1.29, 1.82) is 0 Å². The molecule has 1 amide bonds. The Morgan fingerprint density at radius 2 is 2.21 bits per heavy atom. The van der Waals surface area contributed by atoms with Crippen molar-refractivity contribution in [2.45, 2.75) is 45.3 Å². The van der Waals surface area contributed by atoms with Gasteiger partial charge in [0.1, 0.15) is 17.5 Å². The number of aryl methyl sites for hydroxylation is 1. The summed E-state index contributed by atoms with van der Waals surface area (Å²) in [6, 6.07) is -0.928. The van der Waals surface area contributed by atoms with Crippen LogP contribution < -0.4 is 4.90 Å². The molecule has 1 aliphatic heterocycles. The number of amides is 1. The van der Waals surface area contributed by atoms with E-state index < -0.39 is 23.7 Å². The molecule has 1 aliphatic rings. The van der Waals surface area contributed by atoms with Gasteiger partial charge in [-0.05, 0) is 33.6 Å². The van der Waals surface area contributed by atoms with E-state index in [0.717, 1.165) is 10.5 Å². The second kappa shape index (κ2) is 4.56. The molecule has 0 bridgehead atoms. The zero-order valence-corrected chi connectivity index (χ0v) is 11.1. The Morgan fingerprint density at radius 3 is 2.79 bits per heavy atom. The van der Waals surface area contributed by atoms with Crippen LogP contribution in [-0.4, -0.2) is 39.0 Å². The highest BCUT2D eigenvalue weighted by molar-refractivity contribution is 5.95. The number of hydrogen-bond donors (Lipinski definition) is 2. The van der Waals surface area contributed by atoms with Crippen molar-refractivity contribution >= 4 is 17.9 Å². The van der Waals surface area contributed by atoms with Gasteiger partial charge in [0.25, 0.3) is 0 Å². The van der Waals surface area contributed by atoms with Crippen molar-refractivity contribution < 1.29 is 19.4 Å². The molecule has 1 atom stereocenters. The molecule has 0 aromatic carbocycles. The number of aliphatic carboxylic acids is 1. The van der Waals surface area contributed by atoms with E-state index in [4.69, 9.17) is 4.74 Å². The van der Waals surface area contributed by atoms with E-state index in [0.29, 0.717) is 18.7 Å². The molecular formula is C12H17N3O4. The van der Waals surface area contributed by atoms with Crippen LogP contribution in [-0.2, 0) is 16.0 Å². The van der Waals surface area contributed by atoms with Crippen LogP contribution in [0.15, 0.2) is 6.20 Å². The van der Waals surface area contributed by atoms with Gasteiger partial charge in [-0.1, -0.05) is 0 Å². The first kappa shape index (κ1) is 13.4. The molecule has 7 heteroatoms. The number of carboxylic acids is 1. The normalized spacial score (nSPS) is 18.9. The van der Waals surface area contributed by atoms with Gasteiger partial charge in [-0.15, -0.1) is 0 Å². The Hall–Kier alpha value is -2.05. The highest BCUT2D eigenvalue weighted by atomic mass is 16.6. The molecule has 2 N–H and O–H groups in total. The number of ether oxygens (including phenoxy) is 1. The van der Waals surface area contributed by atoms with Crippen LogP contribution >= 0.6 is 0 Å². The summed E-state index contributed by atoms with van der Waals surface area (Å²) in [7, 11) is 0. The summed E-state index contributed by atoms with van der Waals surface area (Å²) in [6.07, 6.45) is 1.85.